The van der Waals surface area contributed by atoms with Crippen LogP contribution in [0.5, 0.6) is 5.75 Å². The van der Waals surface area contributed by atoms with Gasteiger partial charge in [0.05, 0.1) is 0 Å². The van der Waals surface area contributed by atoms with Gasteiger partial charge in [0.1, 0.15) is 5.75 Å². The van der Waals surface area contributed by atoms with Gasteiger partial charge in [0.2, 0.25) is 5.91 Å². The number of carbonyl (C=O) groups excluding carboxylic acids is 3. The molecule has 0 aliphatic rings. The van der Waals surface area contributed by atoms with Crippen molar-refractivity contribution >= 4 is 17.7 Å². The quantitative estimate of drug-likeness (QED) is 0.572. The molecular formula is C21H23NO5. The largest absolute Gasteiger partial charge is 0.482 e. The number of Topliss-reactive ketones (excluding diaryl/α,β-unsaturated/α-hetero) is 1. The Morgan fingerprint density at radius 1 is 0.963 bits per heavy atom. The second-order valence-corrected chi connectivity index (χ2v) is 6.25. The van der Waals surface area contributed by atoms with E-state index in [1.807, 2.05) is 26.0 Å². The fourth-order valence-corrected chi connectivity index (χ4v) is 2.40. The third-order valence-electron chi connectivity index (χ3n) is 3.86. The number of nitrogens with one attached hydrogen (secondary N) is 1. The van der Waals surface area contributed by atoms with E-state index in [2.05, 4.69) is 5.32 Å². The summed E-state index contributed by atoms with van der Waals surface area (Å²) in [5.74, 6) is -0.421. The molecule has 0 aliphatic carbocycles. The van der Waals surface area contributed by atoms with Gasteiger partial charge in [-0.25, -0.2) is 4.79 Å². The highest BCUT2D eigenvalue weighted by atomic mass is 16.6. The van der Waals surface area contributed by atoms with Crippen LogP contribution >= 0.6 is 0 Å². The first-order valence-electron chi connectivity index (χ1n) is 8.57. The van der Waals surface area contributed by atoms with Crippen LogP contribution in [-0.2, 0) is 20.9 Å². The van der Waals surface area contributed by atoms with E-state index in [1.54, 1.807) is 30.3 Å². The number of amides is 1. The highest BCUT2D eigenvalue weighted by Gasteiger charge is 2.11. The summed E-state index contributed by atoms with van der Waals surface area (Å²) in [6.07, 6.45) is 0. The summed E-state index contributed by atoms with van der Waals surface area (Å²) in [6.45, 7) is 5.10. The Balaban J connectivity index is 1.78. The highest BCUT2D eigenvalue weighted by molar-refractivity contribution is 5.98. The Bertz CT molecular complexity index is 827. The Hall–Kier alpha value is -3.15. The summed E-state index contributed by atoms with van der Waals surface area (Å²) in [5, 5.41) is 2.68. The van der Waals surface area contributed by atoms with Crippen LogP contribution in [0.15, 0.2) is 42.5 Å². The maximum Gasteiger partial charge on any atom is 0.344 e. The van der Waals surface area contributed by atoms with Crippen molar-refractivity contribution in [1.29, 1.82) is 0 Å². The molecular weight excluding hydrogens is 346 g/mol. The molecule has 0 fully saturated rings. The van der Waals surface area contributed by atoms with Crippen LogP contribution in [0, 0.1) is 13.8 Å². The van der Waals surface area contributed by atoms with Gasteiger partial charge in [0.15, 0.2) is 19.0 Å². The SMILES string of the molecule is CC(=O)NCc1ccc(C(=O)COC(=O)COc2ccc(C)cc2C)cc1. The van der Waals surface area contributed by atoms with Gasteiger partial charge in [-0.15, -0.1) is 0 Å². The molecule has 0 heterocycles. The van der Waals surface area contributed by atoms with Gasteiger partial charge in [0, 0.05) is 19.0 Å². The summed E-state index contributed by atoms with van der Waals surface area (Å²) in [6, 6.07) is 12.4. The number of ketones is 1. The van der Waals surface area contributed by atoms with Crippen LogP contribution in [0.4, 0.5) is 0 Å². The van der Waals surface area contributed by atoms with Gasteiger partial charge in [-0.3, -0.25) is 9.59 Å². The van der Waals surface area contributed by atoms with Gasteiger partial charge in [-0.05, 0) is 31.0 Å². The summed E-state index contributed by atoms with van der Waals surface area (Å²) < 4.78 is 10.4. The number of hydrogen-bond donors (Lipinski definition) is 1. The van der Waals surface area contributed by atoms with Crippen LogP contribution in [0.2, 0.25) is 0 Å². The maximum absolute atomic E-state index is 12.1. The number of hydrogen-bond acceptors (Lipinski definition) is 5. The Kier molecular flexibility index (Phi) is 7.11. The standard InChI is InChI=1S/C21H23NO5/c1-14-4-9-20(15(2)10-14)26-13-21(25)27-12-19(24)18-7-5-17(6-8-18)11-22-16(3)23/h4-10H,11-13H2,1-3H3,(H,22,23). The fraction of sp³-hybridized carbons (Fsp3) is 0.286. The molecule has 0 saturated carbocycles. The Labute approximate surface area is 158 Å². The fourth-order valence-electron chi connectivity index (χ4n) is 2.40. The van der Waals surface area contributed by atoms with Crippen molar-refractivity contribution < 1.29 is 23.9 Å². The summed E-state index contributed by atoms with van der Waals surface area (Å²) in [7, 11) is 0. The highest BCUT2D eigenvalue weighted by Crippen LogP contribution is 2.18. The summed E-state index contributed by atoms with van der Waals surface area (Å²) >= 11 is 0. The molecule has 2 aromatic rings. The van der Waals surface area contributed by atoms with Crippen molar-refractivity contribution in [2.24, 2.45) is 0 Å². The second-order valence-electron chi connectivity index (χ2n) is 6.25. The predicted octanol–water partition coefficient (Wildman–Crippen LogP) is 2.74. The van der Waals surface area contributed by atoms with Crippen molar-refractivity contribution in [2.45, 2.75) is 27.3 Å². The lowest BCUT2D eigenvalue weighted by molar-refractivity contribution is -0.144. The molecule has 0 aromatic heterocycles. The molecule has 1 amide bonds. The minimum absolute atomic E-state index is 0.120. The van der Waals surface area contributed by atoms with E-state index in [1.165, 1.54) is 6.92 Å². The molecule has 0 atom stereocenters. The lowest BCUT2D eigenvalue weighted by Gasteiger charge is -2.09. The monoisotopic (exact) mass is 369 g/mol. The van der Waals surface area contributed by atoms with E-state index in [4.69, 9.17) is 9.47 Å². The lowest BCUT2D eigenvalue weighted by atomic mass is 10.1. The van der Waals surface area contributed by atoms with Crippen molar-refractivity contribution in [3.63, 3.8) is 0 Å². The Morgan fingerprint density at radius 3 is 2.30 bits per heavy atom. The number of benzene rings is 2. The zero-order valence-electron chi connectivity index (χ0n) is 15.7. The molecule has 0 radical (unpaired) electrons. The first kappa shape index (κ1) is 20.2. The average molecular weight is 369 g/mol. The van der Waals surface area contributed by atoms with Crippen LogP contribution < -0.4 is 10.1 Å². The maximum atomic E-state index is 12.1. The molecule has 0 spiro atoms. The van der Waals surface area contributed by atoms with Gasteiger partial charge in [-0.1, -0.05) is 42.0 Å². The van der Waals surface area contributed by atoms with Gasteiger partial charge >= 0.3 is 5.97 Å². The van der Waals surface area contributed by atoms with Crippen LogP contribution in [0.25, 0.3) is 0 Å². The Morgan fingerprint density at radius 2 is 1.67 bits per heavy atom. The number of carbonyl (C=O) groups is 3. The van der Waals surface area contributed by atoms with Crippen molar-refractivity contribution in [1.82, 2.24) is 5.32 Å². The van der Waals surface area contributed by atoms with Gasteiger partial charge in [-0.2, -0.15) is 0 Å². The smallest absolute Gasteiger partial charge is 0.344 e. The van der Waals surface area contributed by atoms with E-state index < -0.39 is 5.97 Å². The first-order chi connectivity index (χ1) is 12.8. The number of rotatable bonds is 8. The van der Waals surface area contributed by atoms with Gasteiger partial charge in [0.25, 0.3) is 0 Å². The predicted molar refractivity (Wildman–Crippen MR) is 101 cm³/mol. The molecule has 2 rings (SSSR count). The van der Waals surface area contributed by atoms with E-state index in [-0.39, 0.29) is 24.9 Å². The molecule has 6 heteroatoms. The van der Waals surface area contributed by atoms with Gasteiger partial charge < -0.3 is 14.8 Å². The zero-order chi connectivity index (χ0) is 19.8. The molecule has 142 valence electrons. The average Bonchev–Trinajstić information content (AvgIpc) is 2.64. The third kappa shape index (κ3) is 6.58. The number of esters is 1. The molecule has 0 aliphatic heterocycles. The van der Waals surface area contributed by atoms with E-state index in [0.717, 1.165) is 16.7 Å². The third-order valence-corrected chi connectivity index (χ3v) is 3.86. The lowest BCUT2D eigenvalue weighted by Crippen LogP contribution is -2.20. The van der Waals surface area contributed by atoms with Crippen LogP contribution in [0.3, 0.4) is 0 Å². The zero-order valence-corrected chi connectivity index (χ0v) is 15.7. The van der Waals surface area contributed by atoms with Crippen molar-refractivity contribution in [3.05, 3.63) is 64.7 Å². The van der Waals surface area contributed by atoms with E-state index in [9.17, 15) is 14.4 Å². The van der Waals surface area contributed by atoms with Crippen LogP contribution in [-0.4, -0.2) is 30.9 Å². The number of aryl methyl sites for hydroxylation is 2. The van der Waals surface area contributed by atoms with E-state index in [0.29, 0.717) is 17.9 Å². The van der Waals surface area contributed by atoms with Crippen molar-refractivity contribution in [2.75, 3.05) is 13.2 Å². The van der Waals surface area contributed by atoms with Crippen LogP contribution in [0.1, 0.15) is 34.0 Å². The normalized spacial score (nSPS) is 10.2. The minimum Gasteiger partial charge on any atom is -0.482 e. The molecule has 2 aromatic carbocycles. The molecule has 1 N–H and O–H groups in total. The number of ether oxygens (including phenoxy) is 2. The minimum atomic E-state index is -0.606. The van der Waals surface area contributed by atoms with E-state index >= 15 is 0 Å². The molecule has 6 nitrogen and oxygen atoms in total. The molecule has 27 heavy (non-hydrogen) atoms. The van der Waals surface area contributed by atoms with Crippen molar-refractivity contribution in [3.8, 4) is 5.75 Å². The molecule has 0 bridgehead atoms. The summed E-state index contributed by atoms with van der Waals surface area (Å²) in [5.41, 5.74) is 3.35. The molecule has 0 unspecified atom stereocenters. The molecule has 0 saturated heterocycles. The second kappa shape index (κ2) is 9.52. The topological polar surface area (TPSA) is 81.7 Å². The summed E-state index contributed by atoms with van der Waals surface area (Å²) in [4.78, 5) is 34.8. The first-order valence-corrected chi connectivity index (χ1v) is 8.57.